The van der Waals surface area contributed by atoms with Crippen LogP contribution in [0, 0.1) is 6.61 Å². The average Bonchev–Trinajstić information content (AvgIpc) is 0.722. The van der Waals surface area contributed by atoms with Crippen LogP contribution in [-0.2, 0) is 4.74 Å². The molecule has 1 fully saturated rings. The van der Waals surface area contributed by atoms with Crippen molar-refractivity contribution in [3.05, 3.63) is 6.61 Å². The summed E-state index contributed by atoms with van der Waals surface area (Å²) in [5.41, 5.74) is 0. The van der Waals surface area contributed by atoms with Crippen LogP contribution in [0.3, 0.4) is 0 Å². The van der Waals surface area contributed by atoms with E-state index in [0.717, 1.165) is 13.0 Å². The first-order valence-electron chi connectivity index (χ1n) is 1.43. The van der Waals surface area contributed by atoms with Gasteiger partial charge in [-0.2, -0.15) is 0 Å². The summed E-state index contributed by atoms with van der Waals surface area (Å²) in [6.07, 6.45) is 1.15. The minimum Gasteiger partial charge on any atom is -0.554 e. The molecule has 1 rings (SSSR count). The molecule has 0 aromatic heterocycles. The van der Waals surface area contributed by atoms with Gasteiger partial charge in [-0.25, -0.2) is 6.61 Å². The van der Waals surface area contributed by atoms with Crippen molar-refractivity contribution >= 4 is 0 Å². The van der Waals surface area contributed by atoms with Crippen molar-refractivity contribution in [2.75, 3.05) is 6.61 Å². The summed E-state index contributed by atoms with van der Waals surface area (Å²) < 4.78 is 4.60. The van der Waals surface area contributed by atoms with Crippen LogP contribution in [0.5, 0.6) is 0 Å². The molecule has 0 aromatic carbocycles. The molecular formula is C3H5ORb. The van der Waals surface area contributed by atoms with Crippen LogP contribution < -0.4 is 58.2 Å². The first-order valence-corrected chi connectivity index (χ1v) is 1.43. The SMILES string of the molecule is [CH-]1CCO1.[Rb+]. The molecule has 0 amide bonds. The summed E-state index contributed by atoms with van der Waals surface area (Å²) in [7, 11) is 0. The van der Waals surface area contributed by atoms with Crippen molar-refractivity contribution in [2.45, 2.75) is 6.42 Å². The minimum atomic E-state index is 0. The Bertz CT molecular complexity index is 14.9. The van der Waals surface area contributed by atoms with E-state index in [2.05, 4.69) is 4.74 Å². The quantitative estimate of drug-likeness (QED) is 0.342. The summed E-state index contributed by atoms with van der Waals surface area (Å²) in [6.45, 7) is 2.75. The van der Waals surface area contributed by atoms with Gasteiger partial charge in [0.25, 0.3) is 0 Å². The second-order valence-electron chi connectivity index (χ2n) is 0.826. The van der Waals surface area contributed by atoms with Crippen LogP contribution in [0.25, 0.3) is 0 Å². The van der Waals surface area contributed by atoms with Gasteiger partial charge in [-0.05, 0) is 6.61 Å². The number of rotatable bonds is 0. The fourth-order valence-corrected chi connectivity index (χ4v) is 0.118. The second-order valence-corrected chi connectivity index (χ2v) is 0.826. The van der Waals surface area contributed by atoms with E-state index in [0.29, 0.717) is 0 Å². The van der Waals surface area contributed by atoms with Crippen LogP contribution in [0.15, 0.2) is 0 Å². The van der Waals surface area contributed by atoms with E-state index in [1.807, 2.05) is 0 Å². The van der Waals surface area contributed by atoms with Crippen LogP contribution in [0.2, 0.25) is 0 Å². The van der Waals surface area contributed by atoms with Gasteiger partial charge in [0.15, 0.2) is 0 Å². The number of hydrogen-bond acceptors (Lipinski definition) is 1. The zero-order valence-corrected chi connectivity index (χ0v) is 8.32. The maximum absolute atomic E-state index is 4.60. The first kappa shape index (κ1) is 6.77. The molecule has 1 aliphatic heterocycles. The van der Waals surface area contributed by atoms with Gasteiger partial charge in [-0.3, -0.25) is 0 Å². The Morgan fingerprint density at radius 2 is 1.80 bits per heavy atom. The smallest absolute Gasteiger partial charge is 0.554 e. The van der Waals surface area contributed by atoms with Crippen LogP contribution in [-0.4, -0.2) is 6.61 Å². The molecule has 0 N–H and O–H groups in total. The molecule has 1 nitrogen and oxygen atoms in total. The van der Waals surface area contributed by atoms with Gasteiger partial charge in [-0.1, -0.05) is 0 Å². The number of hydrogen-bond donors (Lipinski definition) is 0. The summed E-state index contributed by atoms with van der Waals surface area (Å²) in [6, 6.07) is 0. The van der Waals surface area contributed by atoms with Gasteiger partial charge in [0.2, 0.25) is 0 Å². The summed E-state index contributed by atoms with van der Waals surface area (Å²) >= 11 is 0. The van der Waals surface area contributed by atoms with Gasteiger partial charge in [0.1, 0.15) is 0 Å². The molecule has 0 aromatic rings. The van der Waals surface area contributed by atoms with E-state index in [1.165, 1.54) is 0 Å². The van der Waals surface area contributed by atoms with Crippen molar-refractivity contribution in [1.29, 1.82) is 0 Å². The predicted molar refractivity (Wildman–Crippen MR) is 14.9 cm³/mol. The van der Waals surface area contributed by atoms with Crippen LogP contribution >= 0.6 is 0 Å². The Hall–Kier alpha value is 1.77. The molecule has 2 heteroatoms. The largest absolute Gasteiger partial charge is 1.00 e. The van der Waals surface area contributed by atoms with Crippen LogP contribution in [0.4, 0.5) is 0 Å². The van der Waals surface area contributed by atoms with Gasteiger partial charge in [0, 0.05) is 0 Å². The topological polar surface area (TPSA) is 9.23 Å². The van der Waals surface area contributed by atoms with E-state index in [-0.39, 0.29) is 58.2 Å². The second kappa shape index (κ2) is 3.94. The maximum atomic E-state index is 4.60. The molecule has 0 aliphatic carbocycles. The van der Waals surface area contributed by atoms with Gasteiger partial charge in [-0.15, -0.1) is 6.42 Å². The third kappa shape index (κ3) is 2.46. The fourth-order valence-electron chi connectivity index (χ4n) is 0.118. The molecule has 1 aliphatic rings. The molecular weight excluding hydrogens is 138 g/mol. The van der Waals surface area contributed by atoms with Crippen molar-refractivity contribution < 1.29 is 62.9 Å². The Balaban J connectivity index is 0.000000160. The zero-order valence-electron chi connectivity index (χ0n) is 3.40. The van der Waals surface area contributed by atoms with Crippen molar-refractivity contribution in [1.82, 2.24) is 0 Å². The molecule has 0 atom stereocenters. The Kier molecular flexibility index (Phi) is 5.33. The monoisotopic (exact) mass is 142 g/mol. The van der Waals surface area contributed by atoms with Gasteiger partial charge >= 0.3 is 58.2 Å². The molecule has 0 radical (unpaired) electrons. The van der Waals surface area contributed by atoms with Gasteiger partial charge in [0.05, 0.1) is 0 Å². The first-order chi connectivity index (χ1) is 2.00. The third-order valence-corrected chi connectivity index (χ3v) is 0.471. The van der Waals surface area contributed by atoms with E-state index in [4.69, 9.17) is 0 Å². The normalized spacial score (nSPS) is 19.2. The maximum Gasteiger partial charge on any atom is 1.00 e. The molecule has 5 heavy (non-hydrogen) atoms. The van der Waals surface area contributed by atoms with E-state index in [1.54, 1.807) is 6.61 Å². The van der Waals surface area contributed by atoms with Crippen LogP contribution in [0.1, 0.15) is 6.42 Å². The molecule has 24 valence electrons. The standard InChI is InChI=1S/C3H5O.Rb/c1-2-4-3-1;/h2H,1,3H2;/q-1;+1. The minimum absolute atomic E-state index is 0. The Morgan fingerprint density at radius 3 is 1.80 bits per heavy atom. The average molecular weight is 143 g/mol. The predicted octanol–water partition coefficient (Wildman–Crippen LogP) is -2.43. The third-order valence-electron chi connectivity index (χ3n) is 0.471. The van der Waals surface area contributed by atoms with E-state index in [9.17, 15) is 0 Å². The molecule has 0 saturated carbocycles. The molecule has 0 spiro atoms. The number of ether oxygens (including phenoxy) is 1. The fraction of sp³-hybridized carbons (Fsp3) is 0.667. The van der Waals surface area contributed by atoms with Crippen molar-refractivity contribution in [2.24, 2.45) is 0 Å². The van der Waals surface area contributed by atoms with Gasteiger partial charge < -0.3 is 4.74 Å². The summed E-state index contributed by atoms with van der Waals surface area (Å²) in [4.78, 5) is 0. The zero-order chi connectivity index (χ0) is 2.83. The Labute approximate surface area is 80.9 Å². The molecule has 0 unspecified atom stereocenters. The molecule has 1 saturated heterocycles. The summed E-state index contributed by atoms with van der Waals surface area (Å²) in [5, 5.41) is 0. The molecule has 0 bridgehead atoms. The molecule has 1 heterocycles. The van der Waals surface area contributed by atoms with E-state index >= 15 is 0 Å². The van der Waals surface area contributed by atoms with Crippen molar-refractivity contribution in [3.8, 4) is 0 Å². The Morgan fingerprint density at radius 1 is 1.60 bits per heavy atom. The van der Waals surface area contributed by atoms with E-state index < -0.39 is 0 Å². The summed E-state index contributed by atoms with van der Waals surface area (Å²) in [5.74, 6) is 0. The van der Waals surface area contributed by atoms with Crippen molar-refractivity contribution in [3.63, 3.8) is 0 Å².